The molecule has 0 amide bonds. The van der Waals surface area contributed by atoms with Gasteiger partial charge in [0, 0.05) is 18.9 Å². The molecule has 1 saturated carbocycles. The lowest BCUT2D eigenvalue weighted by atomic mass is 9.62. The molecule has 0 aliphatic heterocycles. The van der Waals surface area contributed by atoms with Crippen molar-refractivity contribution in [3.05, 3.63) is 35.4 Å². The van der Waals surface area contributed by atoms with Gasteiger partial charge in [0.1, 0.15) is 0 Å². The monoisotopic (exact) mass is 262 g/mol. The summed E-state index contributed by atoms with van der Waals surface area (Å²) in [7, 11) is -1.55. The zero-order chi connectivity index (χ0) is 13.0. The Morgan fingerprint density at radius 2 is 2.06 bits per heavy atom. The van der Waals surface area contributed by atoms with E-state index in [9.17, 15) is 5.11 Å². The van der Waals surface area contributed by atoms with Gasteiger partial charge in [-0.3, -0.25) is 0 Å². The lowest BCUT2D eigenvalue weighted by Crippen LogP contribution is -2.57. The molecule has 2 nitrogen and oxygen atoms in total. The van der Waals surface area contributed by atoms with Crippen molar-refractivity contribution in [3.63, 3.8) is 0 Å². The summed E-state index contributed by atoms with van der Waals surface area (Å²) in [5.74, 6) is 0.815. The maximum absolute atomic E-state index is 9.53. The van der Waals surface area contributed by atoms with Crippen LogP contribution in [0.2, 0.25) is 19.6 Å². The van der Waals surface area contributed by atoms with Crippen molar-refractivity contribution < 1.29 is 9.53 Å². The van der Waals surface area contributed by atoms with Crippen LogP contribution in [0.3, 0.4) is 0 Å². The van der Waals surface area contributed by atoms with Crippen molar-refractivity contribution in [2.24, 2.45) is 5.92 Å². The largest absolute Gasteiger partial charge is 0.411 e. The van der Waals surface area contributed by atoms with Crippen molar-refractivity contribution in [1.29, 1.82) is 0 Å². The number of rotatable bonds is 3. The quantitative estimate of drug-likeness (QED) is 0.849. The first-order chi connectivity index (χ1) is 8.45. The van der Waals surface area contributed by atoms with E-state index in [4.69, 9.17) is 4.43 Å². The molecule has 1 aromatic carbocycles. The van der Waals surface area contributed by atoms with Crippen LogP contribution < -0.4 is 0 Å². The van der Waals surface area contributed by atoms with Gasteiger partial charge in [0.05, 0.1) is 5.60 Å². The Morgan fingerprint density at radius 3 is 2.72 bits per heavy atom. The second-order valence-corrected chi connectivity index (χ2v) is 11.2. The molecule has 18 heavy (non-hydrogen) atoms. The summed E-state index contributed by atoms with van der Waals surface area (Å²) in [4.78, 5) is 0. The first kappa shape index (κ1) is 12.4. The standard InChI is InChI=1S/C15H22O2Si/c1-18(2,3)17-15-8-11-6-4-5-7-13(11)14(15)12(9-15)10-16/h4-7,12,14,16H,8-10H2,1-3H3/t12-,14-,15+/m0/s1. The van der Waals surface area contributed by atoms with E-state index in [0.717, 1.165) is 12.8 Å². The lowest BCUT2D eigenvalue weighted by molar-refractivity contribution is -0.0870. The minimum absolute atomic E-state index is 0.00154. The predicted octanol–water partition coefficient (Wildman–Crippen LogP) is 2.93. The maximum Gasteiger partial charge on any atom is 0.184 e. The van der Waals surface area contributed by atoms with Gasteiger partial charge < -0.3 is 9.53 Å². The van der Waals surface area contributed by atoms with Gasteiger partial charge in [0.25, 0.3) is 0 Å². The minimum Gasteiger partial charge on any atom is -0.411 e. The Morgan fingerprint density at radius 1 is 1.33 bits per heavy atom. The fourth-order valence-corrected chi connectivity index (χ4v) is 5.42. The lowest BCUT2D eigenvalue weighted by Gasteiger charge is -2.53. The highest BCUT2D eigenvalue weighted by molar-refractivity contribution is 6.69. The third-order valence-electron chi connectivity index (χ3n) is 4.27. The van der Waals surface area contributed by atoms with E-state index < -0.39 is 8.32 Å². The number of fused-ring (bicyclic) bond motifs is 3. The van der Waals surface area contributed by atoms with Crippen LogP contribution in [-0.2, 0) is 10.8 Å². The van der Waals surface area contributed by atoms with Crippen LogP contribution in [0.15, 0.2) is 24.3 Å². The summed E-state index contributed by atoms with van der Waals surface area (Å²) >= 11 is 0. The average Bonchev–Trinajstić information content (AvgIpc) is 2.48. The molecule has 3 rings (SSSR count). The summed E-state index contributed by atoms with van der Waals surface area (Å²) in [5, 5.41) is 9.53. The number of hydrogen-bond donors (Lipinski definition) is 1. The normalized spacial score (nSPS) is 33.8. The Kier molecular flexibility index (Phi) is 2.70. The summed E-state index contributed by atoms with van der Waals surface area (Å²) in [6, 6.07) is 8.66. The van der Waals surface area contributed by atoms with E-state index in [-0.39, 0.29) is 12.2 Å². The van der Waals surface area contributed by atoms with Gasteiger partial charge in [0.2, 0.25) is 0 Å². The Bertz CT molecular complexity index is 466. The molecule has 0 bridgehead atoms. The molecule has 0 radical (unpaired) electrons. The smallest absolute Gasteiger partial charge is 0.184 e. The molecule has 0 spiro atoms. The Hall–Kier alpha value is -0.643. The number of aliphatic hydroxyl groups excluding tert-OH is 1. The molecule has 3 atom stereocenters. The van der Waals surface area contributed by atoms with Gasteiger partial charge in [0.15, 0.2) is 8.32 Å². The molecular weight excluding hydrogens is 240 g/mol. The van der Waals surface area contributed by atoms with Gasteiger partial charge in [-0.2, -0.15) is 0 Å². The van der Waals surface area contributed by atoms with E-state index >= 15 is 0 Å². The molecular formula is C15H22O2Si. The summed E-state index contributed by atoms with van der Waals surface area (Å²) in [6.07, 6.45) is 2.06. The van der Waals surface area contributed by atoms with Crippen LogP contribution in [0.4, 0.5) is 0 Å². The second kappa shape index (κ2) is 3.92. The van der Waals surface area contributed by atoms with Crippen molar-refractivity contribution in [3.8, 4) is 0 Å². The molecule has 1 aromatic rings. The van der Waals surface area contributed by atoms with Crippen LogP contribution >= 0.6 is 0 Å². The average molecular weight is 262 g/mol. The number of aliphatic hydroxyl groups is 1. The van der Waals surface area contributed by atoms with E-state index in [1.165, 1.54) is 11.1 Å². The Labute approximate surface area is 110 Å². The van der Waals surface area contributed by atoms with Crippen molar-refractivity contribution in [2.45, 2.75) is 44.0 Å². The van der Waals surface area contributed by atoms with E-state index in [0.29, 0.717) is 11.8 Å². The molecule has 0 saturated heterocycles. The van der Waals surface area contributed by atoms with E-state index in [1.54, 1.807) is 0 Å². The fourth-order valence-electron chi connectivity index (χ4n) is 3.92. The Balaban J connectivity index is 1.95. The molecule has 2 aliphatic carbocycles. The van der Waals surface area contributed by atoms with E-state index in [2.05, 4.69) is 43.9 Å². The van der Waals surface area contributed by atoms with Crippen LogP contribution in [0.25, 0.3) is 0 Å². The van der Waals surface area contributed by atoms with Gasteiger partial charge >= 0.3 is 0 Å². The number of benzene rings is 1. The predicted molar refractivity (Wildman–Crippen MR) is 75.2 cm³/mol. The highest BCUT2D eigenvalue weighted by atomic mass is 28.4. The van der Waals surface area contributed by atoms with Crippen LogP contribution in [0.1, 0.15) is 23.5 Å². The zero-order valence-electron chi connectivity index (χ0n) is 11.4. The molecule has 0 heterocycles. The highest BCUT2D eigenvalue weighted by Gasteiger charge is 2.60. The first-order valence-corrected chi connectivity index (χ1v) is 10.2. The summed E-state index contributed by atoms with van der Waals surface area (Å²) in [5.41, 5.74) is 2.85. The SMILES string of the molecule is C[Si](C)(C)O[C@@]12Cc3ccccc3[C@@H]1[C@H](CO)C2. The van der Waals surface area contributed by atoms with Crippen molar-refractivity contribution in [2.75, 3.05) is 6.61 Å². The third kappa shape index (κ3) is 1.76. The van der Waals surface area contributed by atoms with Crippen molar-refractivity contribution in [1.82, 2.24) is 0 Å². The van der Waals surface area contributed by atoms with E-state index in [1.807, 2.05) is 0 Å². The maximum atomic E-state index is 9.53. The number of hydrogen-bond acceptors (Lipinski definition) is 2. The molecule has 98 valence electrons. The van der Waals surface area contributed by atoms with Gasteiger partial charge in [-0.1, -0.05) is 24.3 Å². The van der Waals surface area contributed by atoms with Gasteiger partial charge in [-0.25, -0.2) is 0 Å². The molecule has 2 aliphatic rings. The molecule has 0 aromatic heterocycles. The fraction of sp³-hybridized carbons (Fsp3) is 0.600. The second-order valence-electron chi connectivity index (χ2n) is 6.78. The van der Waals surface area contributed by atoms with Crippen molar-refractivity contribution >= 4 is 8.32 Å². The molecule has 3 heteroatoms. The zero-order valence-corrected chi connectivity index (χ0v) is 12.4. The molecule has 0 unspecified atom stereocenters. The van der Waals surface area contributed by atoms with Crippen LogP contribution in [0, 0.1) is 5.92 Å². The first-order valence-electron chi connectivity index (χ1n) is 6.84. The van der Waals surface area contributed by atoms with Gasteiger partial charge in [-0.05, 0) is 43.1 Å². The van der Waals surface area contributed by atoms with Crippen LogP contribution in [-0.4, -0.2) is 25.6 Å². The highest BCUT2D eigenvalue weighted by Crippen LogP contribution is 2.60. The summed E-state index contributed by atoms with van der Waals surface area (Å²) < 4.78 is 6.53. The molecule has 1 N–H and O–H groups in total. The van der Waals surface area contributed by atoms with Crippen LogP contribution in [0.5, 0.6) is 0 Å². The summed E-state index contributed by atoms with van der Waals surface area (Å²) in [6.45, 7) is 7.06. The topological polar surface area (TPSA) is 29.5 Å². The minimum atomic E-state index is -1.55. The van der Waals surface area contributed by atoms with Gasteiger partial charge in [-0.15, -0.1) is 0 Å². The molecule has 1 fully saturated rings. The third-order valence-corrected chi connectivity index (χ3v) is 5.29.